The Hall–Kier alpha value is -2.10. The molecule has 0 saturated heterocycles. The van der Waals surface area contributed by atoms with Crippen molar-refractivity contribution < 1.29 is 9.84 Å². The number of aromatic nitrogens is 1. The Morgan fingerprint density at radius 3 is 2.67 bits per heavy atom. The van der Waals surface area contributed by atoms with E-state index in [1.807, 2.05) is 30.3 Å². The molecule has 3 nitrogen and oxygen atoms in total. The summed E-state index contributed by atoms with van der Waals surface area (Å²) in [6, 6.07) is 14.8. The van der Waals surface area contributed by atoms with Gasteiger partial charge in [-0.2, -0.15) is 0 Å². The minimum atomic E-state index is -0.896. The van der Waals surface area contributed by atoms with Crippen LogP contribution in [0.1, 0.15) is 17.2 Å². The number of aliphatic hydroxyl groups excluding tert-OH is 1. The summed E-state index contributed by atoms with van der Waals surface area (Å²) in [6.45, 7) is 0. The molecule has 0 aliphatic heterocycles. The van der Waals surface area contributed by atoms with Gasteiger partial charge in [0.2, 0.25) is 0 Å². The van der Waals surface area contributed by atoms with Crippen LogP contribution in [0.3, 0.4) is 0 Å². The molecule has 0 aliphatic carbocycles. The number of hydrogen-bond donors (Lipinski definition) is 1. The fourth-order valence-corrected chi connectivity index (χ4v) is 2.73. The first-order valence-corrected chi connectivity index (χ1v) is 6.94. The molecule has 21 heavy (non-hydrogen) atoms. The summed E-state index contributed by atoms with van der Waals surface area (Å²) in [5.74, 6) is 0.558. The minimum Gasteiger partial charge on any atom is -0.496 e. The van der Waals surface area contributed by atoms with Gasteiger partial charge in [0, 0.05) is 22.7 Å². The highest BCUT2D eigenvalue weighted by atomic mass is 35.5. The Labute approximate surface area is 127 Å². The van der Waals surface area contributed by atoms with E-state index in [4.69, 9.17) is 16.3 Å². The molecule has 0 bridgehead atoms. The molecule has 0 spiro atoms. The van der Waals surface area contributed by atoms with Gasteiger partial charge >= 0.3 is 0 Å². The number of halogens is 1. The number of hydrogen-bond acceptors (Lipinski definition) is 3. The average Bonchev–Trinajstić information content (AvgIpc) is 2.53. The van der Waals surface area contributed by atoms with Crippen molar-refractivity contribution in [3.8, 4) is 5.75 Å². The van der Waals surface area contributed by atoms with Gasteiger partial charge in [0.05, 0.1) is 17.6 Å². The Morgan fingerprint density at radius 2 is 1.86 bits per heavy atom. The number of para-hydroxylation sites is 1. The first-order chi connectivity index (χ1) is 10.2. The van der Waals surface area contributed by atoms with Crippen molar-refractivity contribution in [2.75, 3.05) is 7.11 Å². The first kappa shape index (κ1) is 13.9. The molecule has 2 aromatic carbocycles. The zero-order chi connectivity index (χ0) is 14.8. The molecule has 106 valence electrons. The number of fused-ring (bicyclic) bond motifs is 1. The van der Waals surface area contributed by atoms with E-state index in [9.17, 15) is 5.11 Å². The van der Waals surface area contributed by atoms with Crippen LogP contribution in [0.5, 0.6) is 5.75 Å². The molecule has 4 heteroatoms. The number of methoxy groups -OCH3 is 1. The Bertz CT molecular complexity index is 783. The summed E-state index contributed by atoms with van der Waals surface area (Å²) in [5.41, 5.74) is 2.02. The van der Waals surface area contributed by atoms with Crippen molar-refractivity contribution in [2.24, 2.45) is 0 Å². The van der Waals surface area contributed by atoms with E-state index < -0.39 is 6.10 Å². The fourth-order valence-electron chi connectivity index (χ4n) is 2.46. The average molecular weight is 300 g/mol. The van der Waals surface area contributed by atoms with Crippen molar-refractivity contribution in [2.45, 2.75) is 6.10 Å². The van der Waals surface area contributed by atoms with Crippen LogP contribution in [0, 0.1) is 0 Å². The van der Waals surface area contributed by atoms with Gasteiger partial charge < -0.3 is 9.84 Å². The summed E-state index contributed by atoms with van der Waals surface area (Å²) in [5, 5.41) is 12.2. The third-order valence-electron chi connectivity index (χ3n) is 3.46. The lowest BCUT2D eigenvalue weighted by molar-refractivity contribution is 0.216. The van der Waals surface area contributed by atoms with Gasteiger partial charge in [-0.25, -0.2) is 0 Å². The van der Waals surface area contributed by atoms with E-state index in [1.165, 1.54) is 0 Å². The van der Waals surface area contributed by atoms with Crippen molar-refractivity contribution in [3.63, 3.8) is 0 Å². The molecule has 0 saturated carbocycles. The molecule has 1 aromatic heterocycles. The van der Waals surface area contributed by atoms with Gasteiger partial charge in [-0.15, -0.1) is 0 Å². The molecule has 0 amide bonds. The lowest BCUT2D eigenvalue weighted by Crippen LogP contribution is -2.04. The van der Waals surface area contributed by atoms with Crippen molar-refractivity contribution in [1.29, 1.82) is 0 Å². The molecule has 1 N–H and O–H groups in total. The van der Waals surface area contributed by atoms with Crippen molar-refractivity contribution >= 4 is 22.5 Å². The number of pyridine rings is 1. The van der Waals surface area contributed by atoms with Gasteiger partial charge in [0.1, 0.15) is 11.9 Å². The molecule has 1 unspecified atom stereocenters. The van der Waals surface area contributed by atoms with Crippen LogP contribution in [-0.2, 0) is 0 Å². The SMILES string of the molecule is COc1cccc(Cl)c1C(O)c1cccc2cccnc12. The lowest BCUT2D eigenvalue weighted by Gasteiger charge is -2.17. The summed E-state index contributed by atoms with van der Waals surface area (Å²) >= 11 is 6.24. The maximum atomic E-state index is 10.8. The quantitative estimate of drug-likeness (QED) is 0.795. The second-order valence-electron chi connectivity index (χ2n) is 4.68. The van der Waals surface area contributed by atoms with Gasteiger partial charge in [-0.05, 0) is 18.2 Å². The standard InChI is InChI=1S/C17H14ClNO2/c1-21-14-9-3-8-13(18)15(14)17(20)12-7-2-5-11-6-4-10-19-16(11)12/h2-10,17,20H,1H3. The Morgan fingerprint density at radius 1 is 1.10 bits per heavy atom. The molecule has 0 fully saturated rings. The number of nitrogens with zero attached hydrogens (tertiary/aromatic N) is 1. The normalized spacial score (nSPS) is 12.3. The van der Waals surface area contributed by atoms with E-state index in [1.54, 1.807) is 31.5 Å². The maximum Gasteiger partial charge on any atom is 0.126 e. The van der Waals surface area contributed by atoms with E-state index in [-0.39, 0.29) is 0 Å². The molecule has 1 heterocycles. The second-order valence-corrected chi connectivity index (χ2v) is 5.09. The van der Waals surface area contributed by atoms with Gasteiger partial charge in [0.15, 0.2) is 0 Å². The van der Waals surface area contributed by atoms with Gasteiger partial charge in [0.25, 0.3) is 0 Å². The fraction of sp³-hybridized carbons (Fsp3) is 0.118. The number of benzene rings is 2. The second kappa shape index (κ2) is 5.72. The van der Waals surface area contributed by atoms with Crippen LogP contribution in [0.4, 0.5) is 0 Å². The third-order valence-corrected chi connectivity index (χ3v) is 3.79. The molecule has 1 atom stereocenters. The smallest absolute Gasteiger partial charge is 0.126 e. The van der Waals surface area contributed by atoms with E-state index >= 15 is 0 Å². The Kier molecular flexibility index (Phi) is 3.78. The largest absolute Gasteiger partial charge is 0.496 e. The van der Waals surface area contributed by atoms with Crippen LogP contribution in [-0.4, -0.2) is 17.2 Å². The maximum absolute atomic E-state index is 10.8. The minimum absolute atomic E-state index is 0.467. The molecule has 3 rings (SSSR count). The molecule has 3 aromatic rings. The molecular weight excluding hydrogens is 286 g/mol. The Balaban J connectivity index is 2.20. The van der Waals surface area contributed by atoms with E-state index in [0.29, 0.717) is 21.9 Å². The van der Waals surface area contributed by atoms with Gasteiger partial charge in [-0.3, -0.25) is 4.98 Å². The molecule has 0 radical (unpaired) electrons. The van der Waals surface area contributed by atoms with Crippen molar-refractivity contribution in [1.82, 2.24) is 4.98 Å². The summed E-state index contributed by atoms with van der Waals surface area (Å²) in [7, 11) is 1.56. The van der Waals surface area contributed by atoms with Crippen LogP contribution in [0.25, 0.3) is 10.9 Å². The zero-order valence-corrected chi connectivity index (χ0v) is 12.2. The first-order valence-electron chi connectivity index (χ1n) is 6.56. The zero-order valence-electron chi connectivity index (χ0n) is 11.5. The van der Waals surface area contributed by atoms with Gasteiger partial charge in [-0.1, -0.05) is 41.9 Å². The predicted octanol–water partition coefficient (Wildman–Crippen LogP) is 3.98. The van der Waals surface area contributed by atoms with Crippen LogP contribution >= 0.6 is 11.6 Å². The van der Waals surface area contributed by atoms with E-state index in [2.05, 4.69) is 4.98 Å². The third kappa shape index (κ3) is 2.46. The summed E-state index contributed by atoms with van der Waals surface area (Å²) in [4.78, 5) is 4.37. The van der Waals surface area contributed by atoms with Crippen molar-refractivity contribution in [3.05, 3.63) is 70.9 Å². The molecule has 0 aliphatic rings. The predicted molar refractivity (Wildman–Crippen MR) is 83.8 cm³/mol. The van der Waals surface area contributed by atoms with Crippen LogP contribution in [0.15, 0.2) is 54.7 Å². The topological polar surface area (TPSA) is 42.4 Å². The number of rotatable bonds is 3. The lowest BCUT2D eigenvalue weighted by atomic mass is 9.98. The highest BCUT2D eigenvalue weighted by Crippen LogP contribution is 2.37. The van der Waals surface area contributed by atoms with Crippen LogP contribution < -0.4 is 4.74 Å². The number of ether oxygens (including phenoxy) is 1. The van der Waals surface area contributed by atoms with Crippen LogP contribution in [0.2, 0.25) is 5.02 Å². The number of aliphatic hydroxyl groups is 1. The summed E-state index contributed by atoms with van der Waals surface area (Å²) < 4.78 is 5.32. The van der Waals surface area contributed by atoms with E-state index in [0.717, 1.165) is 10.9 Å². The highest BCUT2D eigenvalue weighted by Gasteiger charge is 2.21. The summed E-state index contributed by atoms with van der Waals surface area (Å²) in [6.07, 6.45) is 0.815. The highest BCUT2D eigenvalue weighted by molar-refractivity contribution is 6.31. The molecular formula is C17H14ClNO2. The monoisotopic (exact) mass is 299 g/mol.